The van der Waals surface area contributed by atoms with E-state index in [0.29, 0.717) is 0 Å². The minimum Gasteiger partial charge on any atom is -0.297 e. The van der Waals surface area contributed by atoms with Crippen LogP contribution in [0.15, 0.2) is 24.3 Å². The summed E-state index contributed by atoms with van der Waals surface area (Å²) in [7, 11) is -0.564. The molecule has 0 radical (unpaired) electrons. The van der Waals surface area contributed by atoms with Gasteiger partial charge >= 0.3 is 0 Å². The maximum atomic E-state index is 11.2. The Morgan fingerprint density at radius 3 is 2.40 bits per heavy atom. The molecular weight excluding hydrogens is 206 g/mol. The van der Waals surface area contributed by atoms with Crippen molar-refractivity contribution in [1.29, 1.82) is 0 Å². The molecule has 3 heteroatoms. The molecule has 0 bridgehead atoms. The maximum Gasteiger partial charge on any atom is 0.0363 e. The van der Waals surface area contributed by atoms with Crippen LogP contribution in [0.1, 0.15) is 11.1 Å². The number of nitrogens with zero attached hydrogens (tertiary/aromatic N) is 1. The fraction of sp³-hybridized carbons (Fsp3) is 0.500. The maximum absolute atomic E-state index is 11.2. The number of benzene rings is 1. The number of rotatable bonds is 2. The van der Waals surface area contributed by atoms with E-state index in [4.69, 9.17) is 0 Å². The second-order valence-electron chi connectivity index (χ2n) is 4.11. The standard InChI is InChI=1S/C12H17NOS/c1-11-2-4-12(5-3-11)10-13-6-8-15(14)9-7-13/h2-5H,6-10H2,1H3. The summed E-state index contributed by atoms with van der Waals surface area (Å²) >= 11 is 0. The molecule has 1 aromatic rings. The van der Waals surface area contributed by atoms with Gasteiger partial charge in [-0.2, -0.15) is 0 Å². The Kier molecular flexibility index (Phi) is 3.54. The molecule has 2 rings (SSSR count). The highest BCUT2D eigenvalue weighted by Gasteiger charge is 2.14. The minimum atomic E-state index is -0.564. The van der Waals surface area contributed by atoms with Gasteiger partial charge in [-0.3, -0.25) is 9.11 Å². The van der Waals surface area contributed by atoms with Crippen LogP contribution in [-0.2, 0) is 17.3 Å². The smallest absolute Gasteiger partial charge is 0.0363 e. The summed E-state index contributed by atoms with van der Waals surface area (Å²) in [5, 5.41) is 0. The van der Waals surface area contributed by atoms with Gasteiger partial charge in [-0.1, -0.05) is 29.8 Å². The topological polar surface area (TPSA) is 20.3 Å². The van der Waals surface area contributed by atoms with Gasteiger partial charge in [0.25, 0.3) is 0 Å². The zero-order valence-electron chi connectivity index (χ0n) is 9.11. The van der Waals surface area contributed by atoms with E-state index in [1.54, 1.807) is 0 Å². The van der Waals surface area contributed by atoms with Gasteiger partial charge < -0.3 is 0 Å². The largest absolute Gasteiger partial charge is 0.297 e. The van der Waals surface area contributed by atoms with Crippen molar-refractivity contribution in [2.24, 2.45) is 0 Å². The first-order chi connectivity index (χ1) is 7.24. The molecule has 0 unspecified atom stereocenters. The Morgan fingerprint density at radius 2 is 1.80 bits per heavy atom. The molecule has 1 heterocycles. The molecule has 0 saturated carbocycles. The molecule has 1 fully saturated rings. The van der Waals surface area contributed by atoms with Crippen LogP contribution in [0, 0.1) is 6.92 Å². The van der Waals surface area contributed by atoms with Gasteiger partial charge in [0.15, 0.2) is 0 Å². The molecule has 1 saturated heterocycles. The molecule has 1 aliphatic rings. The Balaban J connectivity index is 1.91. The molecule has 0 aliphatic carbocycles. The molecule has 0 aromatic heterocycles. The normalized spacial score (nSPS) is 19.3. The van der Waals surface area contributed by atoms with E-state index in [-0.39, 0.29) is 0 Å². The van der Waals surface area contributed by atoms with E-state index in [1.165, 1.54) is 11.1 Å². The Morgan fingerprint density at radius 1 is 1.20 bits per heavy atom. The zero-order chi connectivity index (χ0) is 10.7. The lowest BCUT2D eigenvalue weighted by Gasteiger charge is -2.26. The van der Waals surface area contributed by atoms with Gasteiger partial charge in [0, 0.05) is 41.9 Å². The van der Waals surface area contributed by atoms with Crippen LogP contribution >= 0.6 is 0 Å². The van der Waals surface area contributed by atoms with E-state index >= 15 is 0 Å². The molecule has 2 nitrogen and oxygen atoms in total. The van der Waals surface area contributed by atoms with E-state index in [2.05, 4.69) is 36.1 Å². The number of aryl methyl sites for hydroxylation is 1. The lowest BCUT2D eigenvalue weighted by Crippen LogP contribution is -2.37. The highest BCUT2D eigenvalue weighted by Crippen LogP contribution is 2.09. The van der Waals surface area contributed by atoms with Gasteiger partial charge in [0.05, 0.1) is 0 Å². The lowest BCUT2D eigenvalue weighted by molar-refractivity contribution is 0.291. The van der Waals surface area contributed by atoms with Crippen LogP contribution in [0.25, 0.3) is 0 Å². The van der Waals surface area contributed by atoms with Gasteiger partial charge in [0.2, 0.25) is 0 Å². The SMILES string of the molecule is Cc1ccc(CN2CCS(=O)CC2)cc1. The van der Waals surface area contributed by atoms with Gasteiger partial charge in [0.1, 0.15) is 0 Å². The molecule has 0 N–H and O–H groups in total. The highest BCUT2D eigenvalue weighted by atomic mass is 32.2. The van der Waals surface area contributed by atoms with Crippen LogP contribution in [0.5, 0.6) is 0 Å². The van der Waals surface area contributed by atoms with E-state index in [9.17, 15) is 4.21 Å². The van der Waals surface area contributed by atoms with Crippen molar-refractivity contribution >= 4 is 10.8 Å². The summed E-state index contributed by atoms with van der Waals surface area (Å²) in [5.41, 5.74) is 2.66. The third-order valence-corrected chi connectivity index (χ3v) is 4.07. The van der Waals surface area contributed by atoms with Crippen molar-refractivity contribution in [3.05, 3.63) is 35.4 Å². The van der Waals surface area contributed by atoms with Crippen LogP contribution in [0.4, 0.5) is 0 Å². The van der Waals surface area contributed by atoms with Gasteiger partial charge in [-0.25, -0.2) is 0 Å². The van der Waals surface area contributed by atoms with Crippen molar-refractivity contribution in [2.45, 2.75) is 13.5 Å². The van der Waals surface area contributed by atoms with E-state index in [1.807, 2.05) is 0 Å². The average molecular weight is 223 g/mol. The number of hydrogen-bond donors (Lipinski definition) is 0. The average Bonchev–Trinajstić information content (AvgIpc) is 2.25. The van der Waals surface area contributed by atoms with Gasteiger partial charge in [-0.15, -0.1) is 0 Å². The fourth-order valence-corrected chi connectivity index (χ4v) is 2.91. The van der Waals surface area contributed by atoms with Crippen LogP contribution in [0.3, 0.4) is 0 Å². The molecule has 1 aliphatic heterocycles. The predicted octanol–water partition coefficient (Wildman–Crippen LogP) is 1.56. The third kappa shape index (κ3) is 3.14. The first kappa shape index (κ1) is 10.8. The Labute approximate surface area is 93.7 Å². The summed E-state index contributed by atoms with van der Waals surface area (Å²) < 4.78 is 11.2. The lowest BCUT2D eigenvalue weighted by atomic mass is 10.1. The summed E-state index contributed by atoms with van der Waals surface area (Å²) in [6.45, 7) is 5.05. The minimum absolute atomic E-state index is 0.564. The molecule has 82 valence electrons. The van der Waals surface area contributed by atoms with Crippen LogP contribution in [-0.4, -0.2) is 33.7 Å². The summed E-state index contributed by atoms with van der Waals surface area (Å²) in [6, 6.07) is 8.66. The molecule has 15 heavy (non-hydrogen) atoms. The molecule has 0 amide bonds. The predicted molar refractivity (Wildman–Crippen MR) is 64.3 cm³/mol. The van der Waals surface area contributed by atoms with Crippen molar-refractivity contribution < 1.29 is 4.21 Å². The first-order valence-corrected chi connectivity index (χ1v) is 6.86. The second kappa shape index (κ2) is 4.90. The molecular formula is C12H17NOS. The second-order valence-corrected chi connectivity index (χ2v) is 5.81. The van der Waals surface area contributed by atoms with Crippen molar-refractivity contribution in [3.8, 4) is 0 Å². The van der Waals surface area contributed by atoms with Gasteiger partial charge in [-0.05, 0) is 12.5 Å². The third-order valence-electron chi connectivity index (χ3n) is 2.80. The Bertz CT molecular complexity index is 337. The van der Waals surface area contributed by atoms with E-state index < -0.39 is 10.8 Å². The fourth-order valence-electron chi connectivity index (χ4n) is 1.79. The van der Waals surface area contributed by atoms with Crippen LogP contribution in [0.2, 0.25) is 0 Å². The molecule has 0 spiro atoms. The number of hydrogen-bond acceptors (Lipinski definition) is 2. The monoisotopic (exact) mass is 223 g/mol. The zero-order valence-corrected chi connectivity index (χ0v) is 9.93. The van der Waals surface area contributed by atoms with Crippen molar-refractivity contribution in [2.75, 3.05) is 24.6 Å². The summed E-state index contributed by atoms with van der Waals surface area (Å²) in [5.74, 6) is 1.68. The quantitative estimate of drug-likeness (QED) is 0.758. The van der Waals surface area contributed by atoms with Crippen molar-refractivity contribution in [3.63, 3.8) is 0 Å². The molecule has 0 atom stereocenters. The van der Waals surface area contributed by atoms with Crippen LogP contribution < -0.4 is 0 Å². The highest BCUT2D eigenvalue weighted by molar-refractivity contribution is 7.85. The summed E-state index contributed by atoms with van der Waals surface area (Å²) in [4.78, 5) is 2.38. The van der Waals surface area contributed by atoms with E-state index in [0.717, 1.165) is 31.1 Å². The molecule has 1 aromatic carbocycles. The Hall–Kier alpha value is -0.670. The first-order valence-electron chi connectivity index (χ1n) is 5.37. The summed E-state index contributed by atoms with van der Waals surface area (Å²) in [6.07, 6.45) is 0. The van der Waals surface area contributed by atoms with Crippen molar-refractivity contribution in [1.82, 2.24) is 4.90 Å².